The second-order valence-corrected chi connectivity index (χ2v) is 5.35. The predicted molar refractivity (Wildman–Crippen MR) is 88.9 cm³/mol. The average molecular weight is 329 g/mol. The first-order chi connectivity index (χ1) is 10.2. The van der Waals surface area contributed by atoms with E-state index >= 15 is 0 Å². The van der Waals surface area contributed by atoms with Crippen molar-refractivity contribution >= 4 is 18.3 Å². The molecule has 0 aliphatic carbocycles. The molecule has 1 aromatic rings. The first kappa shape index (κ1) is 18.6. The van der Waals surface area contributed by atoms with Crippen molar-refractivity contribution in [3.63, 3.8) is 0 Å². The quantitative estimate of drug-likeness (QED) is 0.840. The zero-order chi connectivity index (χ0) is 15.1. The maximum absolute atomic E-state index is 12.0. The molecule has 1 heterocycles. The van der Waals surface area contributed by atoms with Crippen molar-refractivity contribution in [2.24, 2.45) is 5.92 Å². The zero-order valence-corrected chi connectivity index (χ0v) is 14.0. The van der Waals surface area contributed by atoms with Crippen LogP contribution in [0.4, 0.5) is 0 Å². The predicted octanol–water partition coefficient (Wildman–Crippen LogP) is 2.13. The summed E-state index contributed by atoms with van der Waals surface area (Å²) in [6.45, 7) is 2.52. The summed E-state index contributed by atoms with van der Waals surface area (Å²) in [7, 11) is 3.24. The fourth-order valence-corrected chi connectivity index (χ4v) is 2.61. The minimum absolute atomic E-state index is 0. The highest BCUT2D eigenvalue weighted by Gasteiger charge is 2.16. The van der Waals surface area contributed by atoms with Crippen LogP contribution in [0.25, 0.3) is 0 Å². The van der Waals surface area contributed by atoms with Crippen LogP contribution in [-0.4, -0.2) is 33.2 Å². The highest BCUT2D eigenvalue weighted by Crippen LogP contribution is 2.24. The van der Waals surface area contributed by atoms with Crippen molar-refractivity contribution in [1.82, 2.24) is 10.6 Å². The van der Waals surface area contributed by atoms with Gasteiger partial charge in [0.05, 0.1) is 14.2 Å². The Morgan fingerprint density at radius 3 is 2.64 bits per heavy atom. The summed E-state index contributed by atoms with van der Waals surface area (Å²) in [5.74, 6) is 2.09. The van der Waals surface area contributed by atoms with Crippen LogP contribution in [0, 0.1) is 5.92 Å². The van der Waals surface area contributed by atoms with Gasteiger partial charge in [0.2, 0.25) is 5.91 Å². The molecule has 5 nitrogen and oxygen atoms in total. The topological polar surface area (TPSA) is 59.6 Å². The molecule has 0 unspecified atom stereocenters. The van der Waals surface area contributed by atoms with Crippen LogP contribution in [0.1, 0.15) is 24.8 Å². The first-order valence-corrected chi connectivity index (χ1v) is 7.41. The summed E-state index contributed by atoms with van der Waals surface area (Å²) in [5.41, 5.74) is 0.956. The lowest BCUT2D eigenvalue weighted by atomic mass is 9.94. The van der Waals surface area contributed by atoms with Gasteiger partial charge in [-0.05, 0) is 44.0 Å². The summed E-state index contributed by atoms with van der Waals surface area (Å²) < 4.78 is 10.5. The Balaban J connectivity index is 0.00000242. The molecule has 1 amide bonds. The van der Waals surface area contributed by atoms with E-state index in [9.17, 15) is 4.79 Å². The maximum atomic E-state index is 12.0. The number of rotatable bonds is 6. The largest absolute Gasteiger partial charge is 0.497 e. The van der Waals surface area contributed by atoms with E-state index in [0.29, 0.717) is 18.9 Å². The number of carbonyl (C=O) groups is 1. The van der Waals surface area contributed by atoms with Gasteiger partial charge in [-0.2, -0.15) is 0 Å². The lowest BCUT2D eigenvalue weighted by Crippen LogP contribution is -2.32. The van der Waals surface area contributed by atoms with Crippen molar-refractivity contribution in [3.8, 4) is 11.5 Å². The molecule has 22 heavy (non-hydrogen) atoms. The van der Waals surface area contributed by atoms with Gasteiger partial charge in [0.15, 0.2) is 0 Å². The van der Waals surface area contributed by atoms with Gasteiger partial charge in [0.25, 0.3) is 0 Å². The Bertz CT molecular complexity index is 476. The summed E-state index contributed by atoms with van der Waals surface area (Å²) in [6.07, 6.45) is 2.78. The lowest BCUT2D eigenvalue weighted by Gasteiger charge is -2.22. The van der Waals surface area contributed by atoms with E-state index in [1.807, 2.05) is 18.2 Å². The van der Waals surface area contributed by atoms with Crippen LogP contribution in [0.5, 0.6) is 11.5 Å². The highest BCUT2D eigenvalue weighted by atomic mass is 35.5. The lowest BCUT2D eigenvalue weighted by molar-refractivity contribution is -0.122. The molecule has 1 aromatic carbocycles. The number of carbonyl (C=O) groups excluding carboxylic acids is 1. The minimum Gasteiger partial charge on any atom is -0.497 e. The highest BCUT2D eigenvalue weighted by molar-refractivity contribution is 5.85. The van der Waals surface area contributed by atoms with Crippen molar-refractivity contribution in [2.45, 2.75) is 25.8 Å². The van der Waals surface area contributed by atoms with Crippen LogP contribution in [0.3, 0.4) is 0 Å². The van der Waals surface area contributed by atoms with Crippen molar-refractivity contribution in [3.05, 3.63) is 23.8 Å². The minimum atomic E-state index is 0. The molecule has 6 heteroatoms. The molecule has 1 aliphatic heterocycles. The number of benzene rings is 1. The van der Waals surface area contributed by atoms with Crippen LogP contribution >= 0.6 is 12.4 Å². The molecular weight excluding hydrogens is 304 g/mol. The van der Waals surface area contributed by atoms with Crippen molar-refractivity contribution in [2.75, 3.05) is 27.3 Å². The third-order valence-electron chi connectivity index (χ3n) is 3.90. The van der Waals surface area contributed by atoms with E-state index in [-0.39, 0.29) is 18.3 Å². The number of piperidine rings is 1. The summed E-state index contributed by atoms with van der Waals surface area (Å²) >= 11 is 0. The standard InChI is InChI=1S/C16H24N2O3.ClH/c1-20-14-4-3-13(15(10-14)21-2)11-18-16(19)9-12-5-7-17-8-6-12;/h3-4,10,12,17H,5-9,11H2,1-2H3,(H,18,19);1H. The van der Waals surface area contributed by atoms with Crippen molar-refractivity contribution < 1.29 is 14.3 Å². The molecule has 124 valence electrons. The van der Waals surface area contributed by atoms with E-state index in [2.05, 4.69) is 10.6 Å². The Morgan fingerprint density at radius 2 is 2.00 bits per heavy atom. The number of halogens is 1. The number of methoxy groups -OCH3 is 2. The van der Waals surface area contributed by atoms with Crippen LogP contribution in [0.2, 0.25) is 0 Å². The molecular formula is C16H25ClN2O3. The summed E-state index contributed by atoms with van der Waals surface area (Å²) in [5, 5.41) is 6.29. The third-order valence-corrected chi connectivity index (χ3v) is 3.90. The number of ether oxygens (including phenoxy) is 2. The number of amides is 1. The smallest absolute Gasteiger partial charge is 0.220 e. The Labute approximate surface area is 138 Å². The van der Waals surface area contributed by atoms with Gasteiger partial charge in [-0.3, -0.25) is 4.79 Å². The average Bonchev–Trinajstić information content (AvgIpc) is 2.53. The molecule has 0 atom stereocenters. The van der Waals surface area contributed by atoms with Gasteiger partial charge in [0, 0.05) is 24.6 Å². The van der Waals surface area contributed by atoms with Crippen LogP contribution < -0.4 is 20.1 Å². The number of hydrogen-bond acceptors (Lipinski definition) is 4. The molecule has 0 bridgehead atoms. The molecule has 0 spiro atoms. The molecule has 0 aromatic heterocycles. The van der Waals surface area contributed by atoms with E-state index in [0.717, 1.165) is 43.0 Å². The Morgan fingerprint density at radius 1 is 1.27 bits per heavy atom. The molecule has 1 aliphatic rings. The second-order valence-electron chi connectivity index (χ2n) is 5.35. The number of nitrogens with one attached hydrogen (secondary N) is 2. The van der Waals surface area contributed by atoms with Gasteiger partial charge in [-0.1, -0.05) is 0 Å². The summed E-state index contributed by atoms with van der Waals surface area (Å²) in [6, 6.07) is 5.62. The number of hydrogen-bond donors (Lipinski definition) is 2. The van der Waals surface area contributed by atoms with Gasteiger partial charge in [-0.25, -0.2) is 0 Å². The third kappa shape index (κ3) is 5.39. The fourth-order valence-electron chi connectivity index (χ4n) is 2.61. The van der Waals surface area contributed by atoms with Gasteiger partial charge in [-0.15, -0.1) is 12.4 Å². The molecule has 0 saturated carbocycles. The maximum Gasteiger partial charge on any atom is 0.220 e. The fraction of sp³-hybridized carbons (Fsp3) is 0.562. The molecule has 2 rings (SSSR count). The Hall–Kier alpha value is -1.46. The van der Waals surface area contributed by atoms with E-state index in [4.69, 9.17) is 9.47 Å². The van der Waals surface area contributed by atoms with Crippen LogP contribution in [0.15, 0.2) is 18.2 Å². The van der Waals surface area contributed by atoms with E-state index < -0.39 is 0 Å². The normalized spacial score (nSPS) is 14.8. The van der Waals surface area contributed by atoms with E-state index in [1.165, 1.54) is 0 Å². The zero-order valence-electron chi connectivity index (χ0n) is 13.2. The van der Waals surface area contributed by atoms with Crippen molar-refractivity contribution in [1.29, 1.82) is 0 Å². The molecule has 1 fully saturated rings. The monoisotopic (exact) mass is 328 g/mol. The molecule has 1 saturated heterocycles. The van der Waals surface area contributed by atoms with Gasteiger partial charge < -0.3 is 20.1 Å². The second kappa shape index (κ2) is 9.54. The van der Waals surface area contributed by atoms with Gasteiger partial charge in [0.1, 0.15) is 11.5 Å². The van der Waals surface area contributed by atoms with Crippen LogP contribution in [-0.2, 0) is 11.3 Å². The molecule has 0 radical (unpaired) electrons. The SMILES string of the molecule is COc1ccc(CNC(=O)CC2CCNCC2)c(OC)c1.Cl. The molecule has 2 N–H and O–H groups in total. The Kier molecular flexibility index (Phi) is 8.06. The summed E-state index contributed by atoms with van der Waals surface area (Å²) in [4.78, 5) is 12.0. The van der Waals surface area contributed by atoms with E-state index in [1.54, 1.807) is 14.2 Å². The first-order valence-electron chi connectivity index (χ1n) is 7.41. The van der Waals surface area contributed by atoms with Gasteiger partial charge >= 0.3 is 0 Å².